The van der Waals surface area contributed by atoms with Crippen molar-refractivity contribution in [2.24, 2.45) is 0 Å². The summed E-state index contributed by atoms with van der Waals surface area (Å²) in [5.41, 5.74) is 9.28. The third kappa shape index (κ3) is 6.22. The molecule has 7 aromatic rings. The van der Waals surface area contributed by atoms with Crippen molar-refractivity contribution in [3.05, 3.63) is 138 Å². The van der Waals surface area contributed by atoms with E-state index in [2.05, 4.69) is 180 Å². The molecule has 0 spiro atoms. The van der Waals surface area contributed by atoms with Crippen molar-refractivity contribution >= 4 is 21.8 Å². The predicted molar refractivity (Wildman–Crippen MR) is 206 cm³/mol. The maximum atomic E-state index is 6.60. The minimum Gasteiger partial charge on any atom is -0.458 e. The molecule has 0 fully saturated rings. The minimum atomic E-state index is -0.0971. The molecule has 0 saturated carbocycles. The van der Waals surface area contributed by atoms with Crippen LogP contribution >= 0.6 is 0 Å². The Balaban J connectivity index is 1.27. The fourth-order valence-electron chi connectivity index (χ4n) is 6.69. The van der Waals surface area contributed by atoms with E-state index in [9.17, 15) is 0 Å². The van der Waals surface area contributed by atoms with E-state index >= 15 is 0 Å². The summed E-state index contributed by atoms with van der Waals surface area (Å²) < 4.78 is 13.1. The van der Waals surface area contributed by atoms with Crippen molar-refractivity contribution in [1.82, 2.24) is 14.1 Å². The van der Waals surface area contributed by atoms with E-state index in [0.717, 1.165) is 45.1 Å². The van der Waals surface area contributed by atoms with Gasteiger partial charge in [-0.25, -0.2) is 4.98 Å². The number of nitrogens with zero attached hydrogens (tertiary/aromatic N) is 4. The molecule has 0 aliphatic heterocycles. The Morgan fingerprint density at radius 1 is 0.640 bits per heavy atom. The first-order valence-electron chi connectivity index (χ1n) is 17.5. The number of benzene rings is 4. The molecule has 3 aromatic heterocycles. The maximum Gasteiger partial charge on any atom is 0.269 e. The average Bonchev–Trinajstić information content (AvgIpc) is 3.64. The van der Waals surface area contributed by atoms with Gasteiger partial charge >= 0.3 is 0 Å². The van der Waals surface area contributed by atoms with Crippen LogP contribution in [-0.4, -0.2) is 14.1 Å². The van der Waals surface area contributed by atoms with Crippen LogP contribution in [-0.2, 0) is 16.2 Å². The predicted octanol–water partition coefficient (Wildman–Crippen LogP) is 11.0. The molecule has 0 unspecified atom stereocenters. The van der Waals surface area contributed by atoms with E-state index in [-0.39, 0.29) is 16.2 Å². The highest BCUT2D eigenvalue weighted by atomic mass is 16.5. The van der Waals surface area contributed by atoms with Gasteiger partial charge in [0.15, 0.2) is 0 Å². The van der Waals surface area contributed by atoms with Crippen LogP contribution in [0, 0.1) is 13.3 Å². The summed E-state index contributed by atoms with van der Waals surface area (Å²) in [7, 11) is 0. The molecule has 0 saturated heterocycles. The summed E-state index contributed by atoms with van der Waals surface area (Å²) >= 11 is 0. The summed E-state index contributed by atoms with van der Waals surface area (Å²) in [5, 5.41) is 2.35. The Kier molecular flexibility index (Phi) is 8.01. The van der Waals surface area contributed by atoms with Crippen LogP contribution in [0.25, 0.3) is 39.0 Å². The smallest absolute Gasteiger partial charge is 0.269 e. The number of para-hydroxylation sites is 1. The zero-order valence-electron chi connectivity index (χ0n) is 31.1. The largest absolute Gasteiger partial charge is 0.458 e. The fourth-order valence-corrected chi connectivity index (χ4v) is 6.69. The zero-order valence-corrected chi connectivity index (χ0v) is 31.1. The standard InChI is InChI=1S/C45H48N4O/c1-30-24-31(43(2,3)4)18-21-38(30)48-29-47(28-41(48)45(8,9)10)33-14-13-15-34(26-33)50-35-19-20-37-36-16-11-12-17-39(36)49(40(37)27-35)42-25-32(22-23-46-42)44(5,6)7/h11-28H,1-10H3. The molecule has 0 bridgehead atoms. The summed E-state index contributed by atoms with van der Waals surface area (Å²) in [6, 6.07) is 34.2. The average molecular weight is 661 g/mol. The minimum absolute atomic E-state index is 0.00944. The quantitative estimate of drug-likeness (QED) is 0.136. The first-order chi connectivity index (χ1) is 23.6. The maximum absolute atomic E-state index is 6.60. The lowest BCUT2D eigenvalue weighted by molar-refractivity contribution is -0.611. The molecule has 7 rings (SSSR count). The third-order valence-corrected chi connectivity index (χ3v) is 9.59. The molecule has 50 heavy (non-hydrogen) atoms. The van der Waals surface area contributed by atoms with Gasteiger partial charge in [0.2, 0.25) is 0 Å². The lowest BCUT2D eigenvalue weighted by atomic mass is 9.86. The Morgan fingerprint density at radius 2 is 1.34 bits per heavy atom. The molecular weight excluding hydrogens is 613 g/mol. The first-order valence-corrected chi connectivity index (χ1v) is 17.5. The summed E-state index contributed by atoms with van der Waals surface area (Å²) in [6.45, 7) is 22.4. The van der Waals surface area contributed by atoms with Crippen LogP contribution in [0.1, 0.15) is 84.7 Å². The normalized spacial score (nSPS) is 12.6. The van der Waals surface area contributed by atoms with Crippen LogP contribution in [0.3, 0.4) is 0 Å². The molecular formula is C45H48N4O. The van der Waals surface area contributed by atoms with E-state index < -0.39 is 0 Å². The molecule has 4 aromatic carbocycles. The second-order valence-corrected chi connectivity index (χ2v) is 16.6. The Labute approximate surface area is 296 Å². The summed E-state index contributed by atoms with van der Waals surface area (Å²) in [4.78, 5) is 4.84. The van der Waals surface area contributed by atoms with E-state index in [1.807, 2.05) is 18.3 Å². The molecule has 3 heterocycles. The van der Waals surface area contributed by atoms with Crippen molar-refractivity contribution in [3.63, 3.8) is 0 Å². The number of fused-ring (bicyclic) bond motifs is 3. The Morgan fingerprint density at radius 3 is 2.06 bits per heavy atom. The number of aryl methyl sites for hydroxylation is 1. The van der Waals surface area contributed by atoms with Crippen LogP contribution in [0.2, 0.25) is 0 Å². The highest BCUT2D eigenvalue weighted by molar-refractivity contribution is 6.09. The molecule has 0 atom stereocenters. The van der Waals surface area contributed by atoms with E-state index in [4.69, 9.17) is 9.72 Å². The van der Waals surface area contributed by atoms with Crippen LogP contribution < -0.4 is 9.30 Å². The number of hydrogen-bond donors (Lipinski definition) is 0. The van der Waals surface area contributed by atoms with Gasteiger partial charge in [-0.2, -0.15) is 0 Å². The molecule has 0 aliphatic rings. The monoisotopic (exact) mass is 660 g/mol. The van der Waals surface area contributed by atoms with E-state index in [1.54, 1.807) is 0 Å². The SMILES string of the molecule is Cc1cc(C(C)(C)C)ccc1-[n+]1[c-]n(-c2cccc(Oc3ccc4c5ccccc5n(-c5cc(C(C)(C)C)ccn5)c4c3)c2)cc1C(C)(C)C. The topological polar surface area (TPSA) is 35.9 Å². The van der Waals surface area contributed by atoms with E-state index in [0.29, 0.717) is 0 Å². The number of ether oxygens (including phenoxy) is 1. The van der Waals surface area contributed by atoms with Crippen molar-refractivity contribution in [2.75, 3.05) is 0 Å². The number of pyridine rings is 1. The third-order valence-electron chi connectivity index (χ3n) is 9.59. The highest BCUT2D eigenvalue weighted by Gasteiger charge is 2.24. The van der Waals surface area contributed by atoms with Crippen molar-refractivity contribution in [1.29, 1.82) is 0 Å². The van der Waals surface area contributed by atoms with Crippen LogP contribution in [0.5, 0.6) is 11.5 Å². The Hall–Kier alpha value is -5.16. The highest BCUT2D eigenvalue weighted by Crippen LogP contribution is 2.36. The van der Waals surface area contributed by atoms with Gasteiger partial charge in [0.05, 0.1) is 28.1 Å². The van der Waals surface area contributed by atoms with Gasteiger partial charge in [-0.15, -0.1) is 0 Å². The Bertz CT molecular complexity index is 2370. The van der Waals surface area contributed by atoms with Crippen LogP contribution in [0.4, 0.5) is 0 Å². The number of imidazole rings is 1. The molecule has 0 aliphatic carbocycles. The second-order valence-electron chi connectivity index (χ2n) is 16.6. The summed E-state index contributed by atoms with van der Waals surface area (Å²) in [6.07, 6.45) is 7.77. The van der Waals surface area contributed by atoms with Gasteiger partial charge in [0, 0.05) is 29.2 Å². The number of hydrogen-bond acceptors (Lipinski definition) is 2. The molecule has 5 heteroatoms. The van der Waals surface area contributed by atoms with Gasteiger partial charge in [-0.1, -0.05) is 98.7 Å². The molecule has 0 amide bonds. The fraction of sp³-hybridized carbons (Fsp3) is 0.289. The lowest BCUT2D eigenvalue weighted by Crippen LogP contribution is -2.39. The number of rotatable bonds is 5. The van der Waals surface area contributed by atoms with Crippen molar-refractivity contribution in [3.8, 4) is 28.7 Å². The first kappa shape index (κ1) is 33.3. The van der Waals surface area contributed by atoms with Gasteiger partial charge in [0.1, 0.15) is 17.3 Å². The second kappa shape index (κ2) is 12.0. The molecule has 254 valence electrons. The lowest BCUT2D eigenvalue weighted by Gasteiger charge is -2.23. The van der Waals surface area contributed by atoms with E-state index in [1.165, 1.54) is 27.8 Å². The van der Waals surface area contributed by atoms with Crippen molar-refractivity contribution < 1.29 is 9.30 Å². The number of aromatic nitrogens is 4. The van der Waals surface area contributed by atoms with Crippen molar-refractivity contribution in [2.45, 2.75) is 85.5 Å². The van der Waals surface area contributed by atoms with Crippen LogP contribution in [0.15, 0.2) is 109 Å². The molecule has 5 nitrogen and oxygen atoms in total. The van der Waals surface area contributed by atoms with Gasteiger partial charge in [-0.05, 0) is 94.5 Å². The zero-order chi connectivity index (χ0) is 35.6. The summed E-state index contributed by atoms with van der Waals surface area (Å²) in [5.74, 6) is 2.42. The van der Waals surface area contributed by atoms with Gasteiger partial charge < -0.3 is 4.74 Å². The van der Waals surface area contributed by atoms with Gasteiger partial charge in [0.25, 0.3) is 6.33 Å². The van der Waals surface area contributed by atoms with Gasteiger partial charge in [-0.3, -0.25) is 13.7 Å². The molecule has 0 radical (unpaired) electrons. The molecule has 0 N–H and O–H groups in total.